The Morgan fingerprint density at radius 2 is 1.72 bits per heavy atom. The summed E-state index contributed by atoms with van der Waals surface area (Å²) >= 11 is 0. The number of methoxy groups -OCH3 is 1. The Morgan fingerprint density at radius 3 is 2.22 bits per heavy atom. The van der Waals surface area contributed by atoms with Crippen molar-refractivity contribution in [1.29, 1.82) is 0 Å². The lowest BCUT2D eigenvalue weighted by atomic mass is 10.3. The van der Waals surface area contributed by atoms with Gasteiger partial charge in [0, 0.05) is 13.1 Å². The van der Waals surface area contributed by atoms with Gasteiger partial charge < -0.3 is 4.74 Å². The second kappa shape index (κ2) is 5.28. The molecule has 0 unspecified atom stereocenters. The molecule has 0 bridgehead atoms. The highest BCUT2D eigenvalue weighted by Crippen LogP contribution is 2.27. The lowest BCUT2D eigenvalue weighted by Crippen LogP contribution is -2.35. The molecule has 0 amide bonds. The van der Waals surface area contributed by atoms with Crippen molar-refractivity contribution >= 4 is 10.0 Å². The SMILES string of the molecule is COc1ccc(S(=O)(=O)N(C)C2CCCC2)cc1. The Balaban J connectivity index is 2.23. The molecule has 4 nitrogen and oxygen atoms in total. The number of nitrogens with zero attached hydrogens (tertiary/aromatic N) is 1. The number of hydrogen-bond acceptors (Lipinski definition) is 3. The van der Waals surface area contributed by atoms with Gasteiger partial charge >= 0.3 is 0 Å². The van der Waals surface area contributed by atoms with Gasteiger partial charge in [0.25, 0.3) is 0 Å². The van der Waals surface area contributed by atoms with Crippen LogP contribution in [0.2, 0.25) is 0 Å². The number of rotatable bonds is 4. The second-order valence-corrected chi connectivity index (χ2v) is 6.63. The van der Waals surface area contributed by atoms with Gasteiger partial charge in [-0.25, -0.2) is 8.42 Å². The van der Waals surface area contributed by atoms with Gasteiger partial charge in [0.1, 0.15) is 5.75 Å². The minimum atomic E-state index is -3.37. The first-order chi connectivity index (χ1) is 8.55. The van der Waals surface area contributed by atoms with E-state index in [0.717, 1.165) is 25.7 Å². The first-order valence-electron chi connectivity index (χ1n) is 6.18. The molecule has 18 heavy (non-hydrogen) atoms. The molecule has 1 saturated carbocycles. The Bertz CT molecular complexity index is 489. The van der Waals surface area contributed by atoms with Gasteiger partial charge in [-0.05, 0) is 37.1 Å². The van der Waals surface area contributed by atoms with Crippen LogP contribution in [0, 0.1) is 0 Å². The molecule has 0 atom stereocenters. The molecule has 0 N–H and O–H groups in total. The van der Waals surface area contributed by atoms with Crippen LogP contribution in [-0.4, -0.2) is 32.9 Å². The Morgan fingerprint density at radius 1 is 1.17 bits per heavy atom. The molecule has 1 fully saturated rings. The average Bonchev–Trinajstić information content (AvgIpc) is 2.91. The molecular formula is C13H19NO3S. The molecule has 0 radical (unpaired) electrons. The van der Waals surface area contributed by atoms with Crippen LogP contribution >= 0.6 is 0 Å². The highest BCUT2D eigenvalue weighted by molar-refractivity contribution is 7.89. The Kier molecular flexibility index (Phi) is 3.92. The van der Waals surface area contributed by atoms with Gasteiger partial charge in [-0.15, -0.1) is 0 Å². The summed E-state index contributed by atoms with van der Waals surface area (Å²) in [6, 6.07) is 6.70. The molecule has 2 rings (SSSR count). The fourth-order valence-corrected chi connectivity index (χ4v) is 3.79. The van der Waals surface area contributed by atoms with Crippen molar-refractivity contribution in [2.24, 2.45) is 0 Å². The zero-order valence-corrected chi connectivity index (χ0v) is 11.6. The van der Waals surface area contributed by atoms with E-state index < -0.39 is 10.0 Å². The summed E-state index contributed by atoms with van der Waals surface area (Å²) in [6.07, 6.45) is 4.16. The molecule has 0 heterocycles. The first kappa shape index (κ1) is 13.4. The zero-order valence-electron chi connectivity index (χ0n) is 10.8. The molecule has 0 saturated heterocycles. The fraction of sp³-hybridized carbons (Fsp3) is 0.538. The molecule has 1 aliphatic rings. The van der Waals surface area contributed by atoms with Crippen molar-refractivity contribution in [3.05, 3.63) is 24.3 Å². The summed E-state index contributed by atoms with van der Waals surface area (Å²) in [5.41, 5.74) is 0. The second-order valence-electron chi connectivity index (χ2n) is 4.64. The van der Waals surface area contributed by atoms with E-state index in [-0.39, 0.29) is 6.04 Å². The maximum Gasteiger partial charge on any atom is 0.243 e. The van der Waals surface area contributed by atoms with Crippen LogP contribution in [0.3, 0.4) is 0 Å². The number of benzene rings is 1. The third-order valence-corrected chi connectivity index (χ3v) is 5.50. The van der Waals surface area contributed by atoms with Crippen LogP contribution in [0.15, 0.2) is 29.2 Å². The van der Waals surface area contributed by atoms with Crippen molar-refractivity contribution < 1.29 is 13.2 Å². The zero-order chi connectivity index (χ0) is 13.2. The van der Waals surface area contributed by atoms with Gasteiger partial charge in [-0.2, -0.15) is 4.31 Å². The summed E-state index contributed by atoms with van der Waals surface area (Å²) in [5, 5.41) is 0. The maximum absolute atomic E-state index is 12.4. The van der Waals surface area contributed by atoms with Crippen LogP contribution in [-0.2, 0) is 10.0 Å². The highest BCUT2D eigenvalue weighted by atomic mass is 32.2. The monoisotopic (exact) mass is 269 g/mol. The normalized spacial score (nSPS) is 17.3. The third kappa shape index (κ3) is 2.52. The van der Waals surface area contributed by atoms with E-state index in [9.17, 15) is 8.42 Å². The summed E-state index contributed by atoms with van der Waals surface area (Å²) in [7, 11) is -0.130. The topological polar surface area (TPSA) is 46.6 Å². The van der Waals surface area contributed by atoms with E-state index in [1.54, 1.807) is 38.4 Å². The van der Waals surface area contributed by atoms with E-state index in [2.05, 4.69) is 0 Å². The molecule has 5 heteroatoms. The molecule has 0 spiro atoms. The number of sulfonamides is 1. The van der Waals surface area contributed by atoms with Crippen molar-refractivity contribution in [1.82, 2.24) is 4.31 Å². The van der Waals surface area contributed by atoms with E-state index in [4.69, 9.17) is 4.74 Å². The highest BCUT2D eigenvalue weighted by Gasteiger charge is 2.29. The van der Waals surface area contributed by atoms with Gasteiger partial charge in [0.05, 0.1) is 12.0 Å². The standard InChI is InChI=1S/C13H19NO3S/c1-14(11-5-3-4-6-11)18(15,16)13-9-7-12(17-2)8-10-13/h7-11H,3-6H2,1-2H3. The summed E-state index contributed by atoms with van der Waals surface area (Å²) in [4.78, 5) is 0.331. The molecule has 0 aromatic heterocycles. The largest absolute Gasteiger partial charge is 0.497 e. The smallest absolute Gasteiger partial charge is 0.243 e. The quantitative estimate of drug-likeness (QED) is 0.842. The van der Waals surface area contributed by atoms with Crippen LogP contribution in [0.5, 0.6) is 5.75 Å². The van der Waals surface area contributed by atoms with Crippen LogP contribution in [0.25, 0.3) is 0 Å². The molecule has 1 aromatic carbocycles. The minimum absolute atomic E-state index is 0.150. The lowest BCUT2D eigenvalue weighted by Gasteiger charge is -2.23. The molecule has 1 aliphatic carbocycles. The van der Waals surface area contributed by atoms with E-state index in [1.165, 1.54) is 4.31 Å². The third-order valence-electron chi connectivity index (χ3n) is 3.58. The Hall–Kier alpha value is -1.07. The number of hydrogen-bond donors (Lipinski definition) is 0. The molecule has 0 aliphatic heterocycles. The fourth-order valence-electron chi connectivity index (χ4n) is 2.38. The van der Waals surface area contributed by atoms with Crippen molar-refractivity contribution in [2.45, 2.75) is 36.6 Å². The van der Waals surface area contributed by atoms with Crippen molar-refractivity contribution in [3.8, 4) is 5.75 Å². The first-order valence-corrected chi connectivity index (χ1v) is 7.62. The summed E-state index contributed by atoms with van der Waals surface area (Å²) < 4.78 is 31.4. The van der Waals surface area contributed by atoms with Crippen LogP contribution in [0.1, 0.15) is 25.7 Å². The maximum atomic E-state index is 12.4. The van der Waals surface area contributed by atoms with Crippen LogP contribution < -0.4 is 4.74 Å². The number of ether oxygens (including phenoxy) is 1. The summed E-state index contributed by atoms with van der Waals surface area (Å²) in [5.74, 6) is 0.664. The molecule has 100 valence electrons. The van der Waals surface area contributed by atoms with E-state index >= 15 is 0 Å². The van der Waals surface area contributed by atoms with Gasteiger partial charge in [-0.3, -0.25) is 0 Å². The Labute approximate surface area is 109 Å². The van der Waals surface area contributed by atoms with Crippen molar-refractivity contribution in [3.63, 3.8) is 0 Å². The summed E-state index contributed by atoms with van der Waals surface area (Å²) in [6.45, 7) is 0. The van der Waals surface area contributed by atoms with Gasteiger partial charge in [-0.1, -0.05) is 12.8 Å². The molecular weight excluding hydrogens is 250 g/mol. The van der Waals surface area contributed by atoms with E-state index in [1.807, 2.05) is 0 Å². The van der Waals surface area contributed by atoms with Crippen molar-refractivity contribution in [2.75, 3.05) is 14.2 Å². The predicted molar refractivity (Wildman–Crippen MR) is 70.2 cm³/mol. The minimum Gasteiger partial charge on any atom is -0.497 e. The average molecular weight is 269 g/mol. The van der Waals surface area contributed by atoms with Gasteiger partial charge in [0.15, 0.2) is 0 Å². The van der Waals surface area contributed by atoms with Gasteiger partial charge in [0.2, 0.25) is 10.0 Å². The molecule has 1 aromatic rings. The van der Waals surface area contributed by atoms with E-state index in [0.29, 0.717) is 10.6 Å². The lowest BCUT2D eigenvalue weighted by molar-refractivity contribution is 0.373. The van der Waals surface area contributed by atoms with Crippen LogP contribution in [0.4, 0.5) is 0 Å². The predicted octanol–water partition coefficient (Wildman–Crippen LogP) is 2.26.